The summed E-state index contributed by atoms with van der Waals surface area (Å²) in [6, 6.07) is 0. The molecule has 108 valence electrons. The van der Waals surface area contributed by atoms with Gasteiger partial charge in [0, 0.05) is 36.8 Å². The Labute approximate surface area is 121 Å². The van der Waals surface area contributed by atoms with Crippen molar-refractivity contribution in [3.63, 3.8) is 0 Å². The molecule has 0 aromatic rings. The molecule has 2 rings (SSSR count). The number of rotatable bonds is 4. The predicted octanol–water partition coefficient (Wildman–Crippen LogP) is 0.929. The van der Waals surface area contributed by atoms with Gasteiger partial charge in [-0.15, -0.1) is 11.8 Å². The standard InChI is InChI=1S/C12H19NO4S2/c14-10(7-18-8-11(15)16)13-3-6-19-12(9-13)1-4-17-5-2-12/h1-9H2,(H,15,16). The molecule has 0 unspecified atom stereocenters. The van der Waals surface area contributed by atoms with E-state index in [1.54, 1.807) is 0 Å². The normalized spacial score (nSPS) is 22.4. The summed E-state index contributed by atoms with van der Waals surface area (Å²) in [6.45, 7) is 3.12. The number of amides is 1. The highest BCUT2D eigenvalue weighted by molar-refractivity contribution is 8.01. The Balaban J connectivity index is 1.82. The molecular weight excluding hydrogens is 286 g/mol. The lowest BCUT2D eigenvalue weighted by molar-refractivity contribution is -0.133. The first kappa shape index (κ1) is 15.0. The van der Waals surface area contributed by atoms with Gasteiger partial charge in [-0.25, -0.2) is 0 Å². The number of carbonyl (C=O) groups is 2. The molecule has 0 atom stereocenters. The summed E-state index contributed by atoms with van der Waals surface area (Å²) in [7, 11) is 0. The lowest BCUT2D eigenvalue weighted by Gasteiger charge is -2.44. The van der Waals surface area contributed by atoms with E-state index in [9.17, 15) is 9.59 Å². The number of nitrogens with zero attached hydrogens (tertiary/aromatic N) is 1. The van der Waals surface area contributed by atoms with Gasteiger partial charge in [0.15, 0.2) is 0 Å². The highest BCUT2D eigenvalue weighted by Crippen LogP contribution is 2.39. The molecule has 0 saturated carbocycles. The first-order valence-electron chi connectivity index (χ1n) is 6.40. The molecule has 0 bridgehead atoms. The summed E-state index contributed by atoms with van der Waals surface area (Å²) in [5, 5.41) is 8.57. The Kier molecular flexibility index (Phi) is 5.41. The van der Waals surface area contributed by atoms with Crippen molar-refractivity contribution in [2.75, 3.05) is 43.6 Å². The third-order valence-electron chi connectivity index (χ3n) is 3.46. The number of ether oxygens (including phenoxy) is 1. The molecule has 1 spiro atoms. The van der Waals surface area contributed by atoms with Crippen LogP contribution in [0.1, 0.15) is 12.8 Å². The molecule has 1 N–H and O–H groups in total. The number of thioether (sulfide) groups is 2. The van der Waals surface area contributed by atoms with Crippen LogP contribution in [0.3, 0.4) is 0 Å². The predicted molar refractivity (Wildman–Crippen MR) is 76.8 cm³/mol. The molecule has 0 aromatic heterocycles. The summed E-state index contributed by atoms with van der Waals surface area (Å²) < 4.78 is 5.57. The zero-order valence-electron chi connectivity index (χ0n) is 10.8. The van der Waals surface area contributed by atoms with E-state index >= 15 is 0 Å². The van der Waals surface area contributed by atoms with Crippen molar-refractivity contribution in [3.8, 4) is 0 Å². The van der Waals surface area contributed by atoms with E-state index in [0.29, 0.717) is 0 Å². The summed E-state index contributed by atoms with van der Waals surface area (Å²) in [6.07, 6.45) is 2.01. The smallest absolute Gasteiger partial charge is 0.313 e. The van der Waals surface area contributed by atoms with Crippen molar-refractivity contribution >= 4 is 35.4 Å². The highest BCUT2D eigenvalue weighted by Gasteiger charge is 2.39. The minimum Gasteiger partial charge on any atom is -0.481 e. The minimum absolute atomic E-state index is 0.00663. The summed E-state index contributed by atoms with van der Waals surface area (Å²) in [5.74, 6) is 0.428. The van der Waals surface area contributed by atoms with Crippen molar-refractivity contribution in [1.29, 1.82) is 0 Å². The lowest BCUT2D eigenvalue weighted by Crippen LogP contribution is -2.51. The number of hydrogen-bond acceptors (Lipinski definition) is 5. The highest BCUT2D eigenvalue weighted by atomic mass is 32.2. The third-order valence-corrected chi connectivity index (χ3v) is 5.89. The Hall–Kier alpha value is -0.400. The topological polar surface area (TPSA) is 66.8 Å². The molecular formula is C12H19NO4S2. The van der Waals surface area contributed by atoms with Crippen molar-refractivity contribution in [3.05, 3.63) is 0 Å². The second-order valence-electron chi connectivity index (χ2n) is 4.85. The Morgan fingerprint density at radius 1 is 1.32 bits per heavy atom. The van der Waals surface area contributed by atoms with E-state index in [-0.39, 0.29) is 22.2 Å². The average molecular weight is 305 g/mol. The van der Waals surface area contributed by atoms with Crippen LogP contribution in [0.2, 0.25) is 0 Å². The number of carbonyl (C=O) groups excluding carboxylic acids is 1. The molecule has 2 aliphatic heterocycles. The first-order chi connectivity index (χ1) is 9.11. The molecule has 0 radical (unpaired) electrons. The quantitative estimate of drug-likeness (QED) is 0.833. The molecule has 2 aliphatic rings. The fraction of sp³-hybridized carbons (Fsp3) is 0.833. The average Bonchev–Trinajstić information content (AvgIpc) is 2.39. The van der Waals surface area contributed by atoms with Gasteiger partial charge in [-0.3, -0.25) is 9.59 Å². The number of carboxylic acid groups (broad SMARTS) is 1. The second kappa shape index (κ2) is 6.85. The van der Waals surface area contributed by atoms with E-state index < -0.39 is 5.97 Å². The minimum atomic E-state index is -0.868. The maximum Gasteiger partial charge on any atom is 0.313 e. The van der Waals surface area contributed by atoms with Crippen molar-refractivity contribution in [2.24, 2.45) is 0 Å². The first-order valence-corrected chi connectivity index (χ1v) is 8.54. The van der Waals surface area contributed by atoms with Gasteiger partial charge in [0.2, 0.25) is 5.91 Å². The van der Waals surface area contributed by atoms with Crippen LogP contribution in [0.4, 0.5) is 0 Å². The number of aliphatic carboxylic acids is 1. The van der Waals surface area contributed by atoms with E-state index in [0.717, 1.165) is 44.9 Å². The van der Waals surface area contributed by atoms with Gasteiger partial charge in [-0.1, -0.05) is 0 Å². The Morgan fingerprint density at radius 3 is 2.74 bits per heavy atom. The van der Waals surface area contributed by atoms with Crippen LogP contribution >= 0.6 is 23.5 Å². The molecule has 1 amide bonds. The molecule has 7 heteroatoms. The molecule has 0 aliphatic carbocycles. The summed E-state index contributed by atoms with van der Waals surface area (Å²) >= 11 is 3.14. The fourth-order valence-electron chi connectivity index (χ4n) is 2.42. The van der Waals surface area contributed by atoms with Gasteiger partial charge < -0.3 is 14.7 Å². The van der Waals surface area contributed by atoms with Crippen molar-refractivity contribution < 1.29 is 19.4 Å². The van der Waals surface area contributed by atoms with Crippen LogP contribution in [0.5, 0.6) is 0 Å². The molecule has 0 aromatic carbocycles. The largest absolute Gasteiger partial charge is 0.481 e. The monoisotopic (exact) mass is 305 g/mol. The molecule has 2 heterocycles. The van der Waals surface area contributed by atoms with Crippen LogP contribution < -0.4 is 0 Å². The molecule has 2 saturated heterocycles. The van der Waals surface area contributed by atoms with Crippen molar-refractivity contribution in [2.45, 2.75) is 17.6 Å². The maximum atomic E-state index is 12.1. The Morgan fingerprint density at radius 2 is 2.05 bits per heavy atom. The summed E-state index contributed by atoms with van der Waals surface area (Å²) in [5.41, 5.74) is 0. The van der Waals surface area contributed by atoms with Gasteiger partial charge in [-0.2, -0.15) is 11.8 Å². The lowest BCUT2D eigenvalue weighted by atomic mass is 9.98. The SMILES string of the molecule is O=C(O)CSCC(=O)N1CCSC2(CCOCC2)C1. The van der Waals surface area contributed by atoms with Gasteiger partial charge in [0.05, 0.1) is 11.5 Å². The molecule has 19 heavy (non-hydrogen) atoms. The van der Waals surface area contributed by atoms with Gasteiger partial charge in [0.1, 0.15) is 0 Å². The van der Waals surface area contributed by atoms with Crippen molar-refractivity contribution in [1.82, 2.24) is 4.90 Å². The maximum absolute atomic E-state index is 12.1. The van der Waals surface area contributed by atoms with Crippen LogP contribution in [0.25, 0.3) is 0 Å². The van der Waals surface area contributed by atoms with Crippen LogP contribution in [-0.2, 0) is 14.3 Å². The van der Waals surface area contributed by atoms with Crippen LogP contribution in [0, 0.1) is 0 Å². The Bertz CT molecular complexity index is 339. The molecule has 2 fully saturated rings. The second-order valence-corrected chi connectivity index (χ2v) is 7.39. The molecule has 5 nitrogen and oxygen atoms in total. The van der Waals surface area contributed by atoms with E-state index in [1.807, 2.05) is 16.7 Å². The van der Waals surface area contributed by atoms with Gasteiger partial charge in [-0.05, 0) is 12.8 Å². The van der Waals surface area contributed by atoms with Crippen LogP contribution in [0.15, 0.2) is 0 Å². The zero-order valence-corrected chi connectivity index (χ0v) is 12.4. The van der Waals surface area contributed by atoms with Crippen LogP contribution in [-0.4, -0.2) is 70.2 Å². The summed E-state index contributed by atoms with van der Waals surface area (Å²) in [4.78, 5) is 24.4. The van der Waals surface area contributed by atoms with E-state index in [4.69, 9.17) is 9.84 Å². The third kappa shape index (κ3) is 4.29. The van der Waals surface area contributed by atoms with E-state index in [1.165, 1.54) is 11.8 Å². The number of hydrogen-bond donors (Lipinski definition) is 1. The van der Waals surface area contributed by atoms with Gasteiger partial charge >= 0.3 is 5.97 Å². The fourth-order valence-corrected chi connectivity index (χ4v) is 4.50. The van der Waals surface area contributed by atoms with E-state index in [2.05, 4.69) is 0 Å². The zero-order chi connectivity index (χ0) is 13.7. The van der Waals surface area contributed by atoms with Gasteiger partial charge in [0.25, 0.3) is 0 Å². The number of carboxylic acids is 1.